The topological polar surface area (TPSA) is 214 Å². The molecule has 0 saturated heterocycles. The monoisotopic (exact) mass is 841 g/mol. The first kappa shape index (κ1) is 41.4. The summed E-state index contributed by atoms with van der Waals surface area (Å²) in [5.41, 5.74) is 1.92. The maximum absolute atomic E-state index is 13.4. The molecule has 0 aliphatic carbocycles. The van der Waals surface area contributed by atoms with Crippen molar-refractivity contribution in [1.82, 2.24) is 9.89 Å². The largest absolute Gasteiger partial charge is 0.545 e. The summed E-state index contributed by atoms with van der Waals surface area (Å²) < 4.78 is 77.8. The molecule has 3 heterocycles. The molecule has 0 fully saturated rings. The lowest BCUT2D eigenvalue weighted by molar-refractivity contribution is -0.255. The number of hydrogen-bond donors (Lipinski definition) is 4. The first-order valence-electron chi connectivity index (χ1n) is 18.6. The second kappa shape index (κ2) is 14.5. The number of likely N-dealkylation sites (N-methyl/N-ethyl adjacent to an activating group) is 2. The van der Waals surface area contributed by atoms with Gasteiger partial charge in [-0.3, -0.25) is 13.9 Å². The summed E-state index contributed by atoms with van der Waals surface area (Å²) in [7, 11) is -5.37. The molecule has 0 atom stereocenters. The number of ether oxygens (including phenoxy) is 1. The van der Waals surface area contributed by atoms with Crippen molar-refractivity contribution in [2.24, 2.45) is 0 Å². The second-order valence-electron chi connectivity index (χ2n) is 16.1. The highest BCUT2D eigenvalue weighted by molar-refractivity contribution is 7.86. The van der Waals surface area contributed by atoms with Crippen molar-refractivity contribution in [3.8, 4) is 17.2 Å². The van der Waals surface area contributed by atoms with Crippen molar-refractivity contribution in [2.75, 3.05) is 37.0 Å². The van der Waals surface area contributed by atoms with E-state index < -0.39 is 54.7 Å². The van der Waals surface area contributed by atoms with E-state index in [4.69, 9.17) is 4.74 Å². The van der Waals surface area contributed by atoms with Crippen LogP contribution >= 0.6 is 0 Å². The fourth-order valence-electron chi connectivity index (χ4n) is 7.93. The highest BCUT2D eigenvalue weighted by Gasteiger charge is 2.37. The third-order valence-corrected chi connectivity index (χ3v) is 12.6. The van der Waals surface area contributed by atoms with Gasteiger partial charge in [-0.15, -0.1) is 0 Å². The van der Waals surface area contributed by atoms with Gasteiger partial charge >= 0.3 is 0 Å². The normalized spacial score (nSPS) is 16.4. The molecule has 3 aliphatic heterocycles. The van der Waals surface area contributed by atoms with Crippen molar-refractivity contribution in [3.05, 3.63) is 128 Å². The Balaban J connectivity index is 1.48. The standard InChI is InChI=1S/C43H43N3O11S2/c1-42(2)20-26(22-58(51,52)53)30-16-33-37(18-35(30)45(42)5)57-38-19-36-31(27(23-59(54,55)56)21-43(3,4)46(36)6)17-34(38)39(33)29-12-9-25(15-32(29)41(49)50)40(48)44-14-13-24-7-10-28(47)11-8-24/h7-12,15-21H,13-14,22-23H2,1-6H3,(H4-,44,47,48,49,50,51,52,53,54,55,56). The maximum Gasteiger partial charge on any atom is 0.269 e. The maximum atomic E-state index is 13.4. The van der Waals surface area contributed by atoms with Crippen LogP contribution in [0.5, 0.6) is 17.2 Å². The highest BCUT2D eigenvalue weighted by atomic mass is 32.2. The van der Waals surface area contributed by atoms with Gasteiger partial charge in [0, 0.05) is 72.2 Å². The zero-order valence-electron chi connectivity index (χ0n) is 33.2. The van der Waals surface area contributed by atoms with Gasteiger partial charge < -0.3 is 30.0 Å². The molecular formula is C43H43N3O11S2. The van der Waals surface area contributed by atoms with E-state index in [1.807, 2.05) is 51.3 Å². The van der Waals surface area contributed by atoms with Crippen LogP contribution in [0.4, 0.5) is 5.69 Å². The van der Waals surface area contributed by atoms with Crippen molar-refractivity contribution >= 4 is 54.5 Å². The zero-order chi connectivity index (χ0) is 43.0. The first-order chi connectivity index (χ1) is 27.4. The fraction of sp³-hybridized carbons (Fsp3) is 0.279. The Hall–Kier alpha value is -5.81. The Morgan fingerprint density at radius 2 is 1.46 bits per heavy atom. The minimum absolute atomic E-state index is 0.0344. The fourth-order valence-corrected chi connectivity index (χ4v) is 9.20. The molecule has 0 saturated carbocycles. The van der Waals surface area contributed by atoms with Gasteiger partial charge in [-0.25, -0.2) is 4.58 Å². The molecule has 1 amide bonds. The lowest BCUT2D eigenvalue weighted by Gasteiger charge is -2.41. The van der Waals surface area contributed by atoms with Gasteiger partial charge in [0.05, 0.1) is 23.1 Å². The molecule has 0 bridgehead atoms. The van der Waals surface area contributed by atoms with E-state index in [-0.39, 0.29) is 40.5 Å². The van der Waals surface area contributed by atoms with E-state index >= 15 is 0 Å². The van der Waals surface area contributed by atoms with Crippen LogP contribution in [0, 0.1) is 0 Å². The van der Waals surface area contributed by atoms with Crippen LogP contribution in [0.15, 0.2) is 78.9 Å². The summed E-state index contributed by atoms with van der Waals surface area (Å²) in [5, 5.41) is 26.4. The summed E-state index contributed by atoms with van der Waals surface area (Å²) in [5.74, 6) is -2.87. The van der Waals surface area contributed by atoms with Crippen molar-refractivity contribution in [2.45, 2.75) is 45.2 Å². The Morgan fingerprint density at radius 1 is 0.814 bits per heavy atom. The van der Waals surface area contributed by atoms with Crippen LogP contribution in [0.3, 0.4) is 0 Å². The van der Waals surface area contributed by atoms with E-state index in [2.05, 4.69) is 5.32 Å². The number of phenols is 1. The predicted molar refractivity (Wildman–Crippen MR) is 221 cm³/mol. The summed E-state index contributed by atoms with van der Waals surface area (Å²) in [4.78, 5) is 28.4. The molecule has 4 aromatic rings. The molecule has 7 rings (SSSR count). The van der Waals surface area contributed by atoms with Gasteiger partial charge in [0.25, 0.3) is 26.1 Å². The number of rotatable bonds is 10. The van der Waals surface area contributed by atoms with E-state index in [0.717, 1.165) is 5.56 Å². The van der Waals surface area contributed by atoms with Crippen molar-refractivity contribution < 1.29 is 50.5 Å². The van der Waals surface area contributed by atoms with Crippen molar-refractivity contribution in [1.29, 1.82) is 0 Å². The van der Waals surface area contributed by atoms with Crippen LogP contribution in [0.25, 0.3) is 16.7 Å². The number of amides is 1. The molecule has 3 aliphatic rings. The average Bonchev–Trinajstić information content (AvgIpc) is 3.13. The number of carbonyl (C=O) groups is 2. The van der Waals surface area contributed by atoms with Crippen LogP contribution in [0.1, 0.15) is 76.2 Å². The summed E-state index contributed by atoms with van der Waals surface area (Å²) in [6, 6.07) is 17.4. The lowest BCUT2D eigenvalue weighted by atomic mass is 9.83. The molecule has 16 heteroatoms. The number of carboxylic acids is 1. The molecule has 4 N–H and O–H groups in total. The second-order valence-corrected chi connectivity index (χ2v) is 19.1. The van der Waals surface area contributed by atoms with Crippen LogP contribution in [-0.4, -0.2) is 86.1 Å². The van der Waals surface area contributed by atoms with Crippen molar-refractivity contribution in [3.63, 3.8) is 0 Å². The molecule has 0 aromatic heterocycles. The number of nitrogens with one attached hydrogen (secondary N) is 1. The Kier molecular flexibility index (Phi) is 10.1. The van der Waals surface area contributed by atoms with E-state index in [0.29, 0.717) is 56.1 Å². The molecular weight excluding hydrogens is 799 g/mol. The average molecular weight is 842 g/mol. The number of fused-ring (bicyclic) bond motifs is 4. The molecule has 0 spiro atoms. The molecule has 308 valence electrons. The quantitative estimate of drug-likeness (QED) is 0.118. The number of benzene rings is 4. The Morgan fingerprint density at radius 3 is 2.08 bits per heavy atom. The van der Waals surface area contributed by atoms with Gasteiger partial charge in [0.2, 0.25) is 5.36 Å². The Labute approximate surface area is 341 Å². The van der Waals surface area contributed by atoms with E-state index in [1.165, 1.54) is 30.3 Å². The third-order valence-electron chi connectivity index (χ3n) is 11.2. The number of nitrogens with zero attached hydrogens (tertiary/aromatic N) is 2. The minimum Gasteiger partial charge on any atom is -0.545 e. The van der Waals surface area contributed by atoms with Crippen LogP contribution < -0.4 is 35.2 Å². The summed E-state index contributed by atoms with van der Waals surface area (Å²) >= 11 is 0. The van der Waals surface area contributed by atoms with E-state index in [1.54, 1.807) is 48.6 Å². The molecule has 59 heavy (non-hydrogen) atoms. The van der Waals surface area contributed by atoms with Gasteiger partial charge in [0.1, 0.15) is 35.8 Å². The van der Waals surface area contributed by atoms with Gasteiger partial charge in [-0.2, -0.15) is 16.8 Å². The third kappa shape index (κ3) is 8.13. The molecule has 0 radical (unpaired) electrons. The molecule has 14 nitrogen and oxygen atoms in total. The van der Waals surface area contributed by atoms with Gasteiger partial charge in [0.15, 0.2) is 5.54 Å². The molecule has 0 unspecified atom stereocenters. The number of phenolic OH excluding ortho intramolecular Hbond substituents is 1. The Bertz CT molecular complexity index is 2910. The number of carboxylic acid groups (broad SMARTS) is 1. The van der Waals surface area contributed by atoms with Gasteiger partial charge in [-0.1, -0.05) is 24.3 Å². The number of aromatic carboxylic acids is 1. The number of aromatic hydroxyl groups is 1. The minimum atomic E-state index is -4.51. The zero-order valence-corrected chi connectivity index (χ0v) is 34.8. The van der Waals surface area contributed by atoms with Crippen LogP contribution in [-0.2, 0) is 26.7 Å². The summed E-state index contributed by atoms with van der Waals surface area (Å²) in [6.07, 6.45) is 3.90. The van der Waals surface area contributed by atoms with E-state index in [9.17, 15) is 45.7 Å². The first-order valence-corrected chi connectivity index (χ1v) is 21.8. The number of hydrogen-bond acceptors (Lipinski definition) is 10. The summed E-state index contributed by atoms with van der Waals surface area (Å²) in [6.45, 7) is 7.74. The highest BCUT2D eigenvalue weighted by Crippen LogP contribution is 2.46. The SMILES string of the molecule is CN1c2cc3c(cc2C(CS(=O)(=O)O)=CC1(C)C)C(c1ccc(C(=O)NCCc2ccc(O)cc2)cc1C(=O)[O-])=c1cc2c(cc1O3)=[N+](C)C(C)(C)C=C2CS(=O)(=O)O. The predicted octanol–water partition coefficient (Wildman–Crippen LogP) is 2.77. The smallest absolute Gasteiger partial charge is 0.269 e. The molecule has 4 aromatic carbocycles. The van der Waals surface area contributed by atoms with Gasteiger partial charge in [-0.05, 0) is 85.0 Å². The number of carbonyl (C=O) groups excluding carboxylic acids is 2. The number of anilines is 1. The van der Waals surface area contributed by atoms with Crippen LogP contribution in [0.2, 0.25) is 0 Å². The lowest BCUT2D eigenvalue weighted by Crippen LogP contribution is -2.47.